The van der Waals surface area contributed by atoms with Crippen LogP contribution in [0.5, 0.6) is 0 Å². The molecule has 0 aliphatic heterocycles. The first-order valence-electron chi connectivity index (χ1n) is 6.20. The van der Waals surface area contributed by atoms with E-state index in [-0.39, 0.29) is 12.4 Å². The zero-order valence-electron chi connectivity index (χ0n) is 11.1. The average Bonchev–Trinajstić information content (AvgIpc) is 2.37. The molecular weight excluding hydrogens is 268 g/mol. The minimum Gasteiger partial charge on any atom is -0.466 e. The van der Waals surface area contributed by atoms with Gasteiger partial charge in [-0.3, -0.25) is 4.79 Å². The quantitative estimate of drug-likeness (QED) is 0.754. The molecule has 104 valence electrons. The molecule has 0 aromatic heterocycles. The summed E-state index contributed by atoms with van der Waals surface area (Å²) in [6.07, 6.45) is 0.538. The standard InChI is InChI=1S/C14H17ClO4/c1-3-18-13(16)9-8-10-11(14(17)19-4-2)6-5-7-12(10)15/h5-7H,3-4,8-9H2,1-2H3. The molecule has 0 N–H and O–H groups in total. The van der Waals surface area contributed by atoms with Crippen LogP contribution < -0.4 is 0 Å². The van der Waals surface area contributed by atoms with Crippen molar-refractivity contribution >= 4 is 23.5 Å². The van der Waals surface area contributed by atoms with Crippen molar-refractivity contribution in [1.82, 2.24) is 0 Å². The molecule has 5 heteroatoms. The fourth-order valence-corrected chi connectivity index (χ4v) is 1.94. The van der Waals surface area contributed by atoms with Crippen molar-refractivity contribution in [2.75, 3.05) is 13.2 Å². The smallest absolute Gasteiger partial charge is 0.338 e. The van der Waals surface area contributed by atoms with Crippen LogP contribution >= 0.6 is 11.6 Å². The van der Waals surface area contributed by atoms with E-state index in [1.54, 1.807) is 32.0 Å². The third-order valence-electron chi connectivity index (χ3n) is 2.50. The third-order valence-corrected chi connectivity index (χ3v) is 2.85. The number of carbonyl (C=O) groups excluding carboxylic acids is 2. The van der Waals surface area contributed by atoms with Crippen LogP contribution in [-0.4, -0.2) is 25.2 Å². The molecule has 0 unspecified atom stereocenters. The second kappa shape index (κ2) is 7.79. The summed E-state index contributed by atoms with van der Waals surface area (Å²) in [7, 11) is 0. The van der Waals surface area contributed by atoms with Crippen molar-refractivity contribution in [3.63, 3.8) is 0 Å². The van der Waals surface area contributed by atoms with Crippen LogP contribution in [0.25, 0.3) is 0 Å². The molecular formula is C14H17ClO4. The van der Waals surface area contributed by atoms with Crippen LogP contribution in [0, 0.1) is 0 Å². The number of carbonyl (C=O) groups is 2. The number of esters is 2. The molecule has 0 spiro atoms. The molecule has 0 saturated carbocycles. The van der Waals surface area contributed by atoms with Crippen LogP contribution in [0.15, 0.2) is 18.2 Å². The van der Waals surface area contributed by atoms with E-state index in [0.29, 0.717) is 35.8 Å². The first kappa shape index (κ1) is 15.5. The molecule has 1 aromatic carbocycles. The highest BCUT2D eigenvalue weighted by Gasteiger charge is 2.16. The molecule has 0 bridgehead atoms. The maximum Gasteiger partial charge on any atom is 0.338 e. The molecule has 0 atom stereocenters. The normalized spacial score (nSPS) is 10.1. The molecule has 4 nitrogen and oxygen atoms in total. The lowest BCUT2D eigenvalue weighted by atomic mass is 10.0. The van der Waals surface area contributed by atoms with Gasteiger partial charge < -0.3 is 9.47 Å². The second-order valence-electron chi connectivity index (χ2n) is 3.79. The van der Waals surface area contributed by atoms with Gasteiger partial charge in [0.15, 0.2) is 0 Å². The molecule has 0 aliphatic rings. The number of hydrogen-bond donors (Lipinski definition) is 0. The van der Waals surface area contributed by atoms with Crippen LogP contribution in [0.4, 0.5) is 0 Å². The van der Waals surface area contributed by atoms with Crippen LogP contribution in [0.3, 0.4) is 0 Å². The predicted octanol–water partition coefficient (Wildman–Crippen LogP) is 3.01. The van der Waals surface area contributed by atoms with Gasteiger partial charge in [-0.15, -0.1) is 0 Å². The Labute approximate surface area is 117 Å². The summed E-state index contributed by atoms with van der Waals surface area (Å²) in [6, 6.07) is 5.01. The molecule has 0 radical (unpaired) electrons. The lowest BCUT2D eigenvalue weighted by Gasteiger charge is -2.10. The Morgan fingerprint density at radius 1 is 1.16 bits per heavy atom. The summed E-state index contributed by atoms with van der Waals surface area (Å²) in [5, 5.41) is 0.454. The van der Waals surface area contributed by atoms with E-state index in [0.717, 1.165) is 0 Å². The Morgan fingerprint density at radius 2 is 1.84 bits per heavy atom. The van der Waals surface area contributed by atoms with Crippen molar-refractivity contribution in [1.29, 1.82) is 0 Å². The van der Waals surface area contributed by atoms with Gasteiger partial charge in [-0.25, -0.2) is 4.79 Å². The number of benzene rings is 1. The maximum absolute atomic E-state index is 11.8. The highest BCUT2D eigenvalue weighted by molar-refractivity contribution is 6.31. The first-order chi connectivity index (χ1) is 9.10. The van der Waals surface area contributed by atoms with Crippen molar-refractivity contribution < 1.29 is 19.1 Å². The van der Waals surface area contributed by atoms with E-state index in [1.165, 1.54) is 0 Å². The summed E-state index contributed by atoms with van der Waals surface area (Å²) in [5.74, 6) is -0.735. The van der Waals surface area contributed by atoms with Gasteiger partial charge in [0.05, 0.1) is 18.8 Å². The summed E-state index contributed by atoms with van der Waals surface area (Å²) in [4.78, 5) is 23.1. The summed E-state index contributed by atoms with van der Waals surface area (Å²) >= 11 is 6.07. The van der Waals surface area contributed by atoms with Crippen molar-refractivity contribution in [3.8, 4) is 0 Å². The van der Waals surface area contributed by atoms with Gasteiger partial charge in [0.2, 0.25) is 0 Å². The van der Waals surface area contributed by atoms with E-state index >= 15 is 0 Å². The molecule has 1 aromatic rings. The SMILES string of the molecule is CCOC(=O)CCc1c(Cl)cccc1C(=O)OCC. The fourth-order valence-electron chi connectivity index (χ4n) is 1.67. The Kier molecular flexibility index (Phi) is 6.36. The van der Waals surface area contributed by atoms with Crippen molar-refractivity contribution in [3.05, 3.63) is 34.3 Å². The van der Waals surface area contributed by atoms with E-state index in [2.05, 4.69) is 0 Å². The highest BCUT2D eigenvalue weighted by atomic mass is 35.5. The third kappa shape index (κ3) is 4.56. The highest BCUT2D eigenvalue weighted by Crippen LogP contribution is 2.22. The lowest BCUT2D eigenvalue weighted by Crippen LogP contribution is -2.11. The van der Waals surface area contributed by atoms with Crippen LogP contribution in [0.1, 0.15) is 36.2 Å². The zero-order chi connectivity index (χ0) is 14.3. The van der Waals surface area contributed by atoms with E-state index in [1.807, 2.05) is 0 Å². The number of ether oxygens (including phenoxy) is 2. The van der Waals surface area contributed by atoms with Crippen LogP contribution in [-0.2, 0) is 20.7 Å². The van der Waals surface area contributed by atoms with Gasteiger partial charge in [0, 0.05) is 11.4 Å². The molecule has 0 fully saturated rings. The first-order valence-corrected chi connectivity index (χ1v) is 6.58. The van der Waals surface area contributed by atoms with Crippen molar-refractivity contribution in [2.45, 2.75) is 26.7 Å². The second-order valence-corrected chi connectivity index (χ2v) is 4.20. The molecule has 0 amide bonds. The summed E-state index contributed by atoms with van der Waals surface area (Å²) in [6.45, 7) is 4.12. The number of halogens is 1. The Morgan fingerprint density at radius 3 is 2.47 bits per heavy atom. The summed E-state index contributed by atoms with van der Waals surface area (Å²) in [5.41, 5.74) is 1.02. The molecule has 0 saturated heterocycles. The number of rotatable bonds is 6. The van der Waals surface area contributed by atoms with Gasteiger partial charge >= 0.3 is 11.9 Å². The van der Waals surface area contributed by atoms with Gasteiger partial charge in [-0.2, -0.15) is 0 Å². The monoisotopic (exact) mass is 284 g/mol. The maximum atomic E-state index is 11.8. The molecule has 0 aliphatic carbocycles. The number of hydrogen-bond acceptors (Lipinski definition) is 4. The van der Waals surface area contributed by atoms with Gasteiger partial charge in [0.25, 0.3) is 0 Å². The topological polar surface area (TPSA) is 52.6 Å². The minimum absolute atomic E-state index is 0.185. The summed E-state index contributed by atoms with van der Waals surface area (Å²) < 4.78 is 9.82. The lowest BCUT2D eigenvalue weighted by molar-refractivity contribution is -0.143. The van der Waals surface area contributed by atoms with Gasteiger partial charge in [-0.05, 0) is 38.0 Å². The molecule has 0 heterocycles. The minimum atomic E-state index is -0.427. The Hall–Kier alpha value is -1.55. The molecule has 19 heavy (non-hydrogen) atoms. The Bertz CT molecular complexity index is 457. The average molecular weight is 285 g/mol. The Balaban J connectivity index is 2.86. The van der Waals surface area contributed by atoms with Gasteiger partial charge in [0.1, 0.15) is 0 Å². The largest absolute Gasteiger partial charge is 0.466 e. The predicted molar refractivity (Wildman–Crippen MR) is 72.4 cm³/mol. The zero-order valence-corrected chi connectivity index (χ0v) is 11.8. The van der Waals surface area contributed by atoms with Crippen LogP contribution in [0.2, 0.25) is 5.02 Å². The fraction of sp³-hybridized carbons (Fsp3) is 0.429. The molecule has 1 rings (SSSR count). The van der Waals surface area contributed by atoms with Gasteiger partial charge in [-0.1, -0.05) is 17.7 Å². The van der Waals surface area contributed by atoms with E-state index < -0.39 is 5.97 Å². The van der Waals surface area contributed by atoms with E-state index in [9.17, 15) is 9.59 Å². The van der Waals surface area contributed by atoms with Crippen molar-refractivity contribution in [2.24, 2.45) is 0 Å². The van der Waals surface area contributed by atoms with E-state index in [4.69, 9.17) is 21.1 Å².